The molecule has 4 heteroatoms. The summed E-state index contributed by atoms with van der Waals surface area (Å²) in [4.78, 5) is 2.40. The zero-order chi connectivity index (χ0) is 32.8. The SMILES string of the molecule is c1ccc(-n2c3ccccc3c3cc(N(c4ccc5oc6ccccc6c5c4)c4ccc5sc6c7ccccc7ccc6c5c4)ccc32)cc1. The van der Waals surface area contributed by atoms with Gasteiger partial charge in [-0.2, -0.15) is 0 Å². The number of benzene rings is 8. The summed E-state index contributed by atoms with van der Waals surface area (Å²) in [5.41, 5.74) is 8.63. The van der Waals surface area contributed by atoms with Crippen molar-refractivity contribution in [2.75, 3.05) is 4.90 Å². The molecule has 3 nitrogen and oxygen atoms in total. The lowest BCUT2D eigenvalue weighted by atomic mass is 10.0. The summed E-state index contributed by atoms with van der Waals surface area (Å²) in [5.74, 6) is 0. The Labute approximate surface area is 291 Å². The van der Waals surface area contributed by atoms with Crippen LogP contribution in [0.1, 0.15) is 0 Å². The van der Waals surface area contributed by atoms with Crippen molar-refractivity contribution in [2.45, 2.75) is 0 Å². The molecule has 8 aromatic carbocycles. The van der Waals surface area contributed by atoms with Crippen molar-refractivity contribution in [2.24, 2.45) is 0 Å². The highest BCUT2D eigenvalue weighted by Crippen LogP contribution is 2.45. The summed E-state index contributed by atoms with van der Waals surface area (Å²) in [6.07, 6.45) is 0. The number of fused-ring (bicyclic) bond motifs is 11. The van der Waals surface area contributed by atoms with Crippen molar-refractivity contribution < 1.29 is 4.42 Å². The van der Waals surface area contributed by atoms with Crippen molar-refractivity contribution in [3.63, 3.8) is 0 Å². The largest absolute Gasteiger partial charge is 0.456 e. The van der Waals surface area contributed by atoms with E-state index < -0.39 is 0 Å². The maximum absolute atomic E-state index is 6.26. The number of rotatable bonds is 4. The van der Waals surface area contributed by atoms with E-state index in [0.29, 0.717) is 0 Å². The molecule has 0 saturated carbocycles. The highest BCUT2D eigenvalue weighted by Gasteiger charge is 2.20. The second kappa shape index (κ2) is 10.6. The van der Waals surface area contributed by atoms with Gasteiger partial charge in [0.2, 0.25) is 0 Å². The minimum absolute atomic E-state index is 0.891. The lowest BCUT2D eigenvalue weighted by Crippen LogP contribution is -2.09. The quantitative estimate of drug-likeness (QED) is 0.188. The summed E-state index contributed by atoms with van der Waals surface area (Å²) >= 11 is 1.88. The van der Waals surface area contributed by atoms with Gasteiger partial charge in [0.25, 0.3) is 0 Å². The summed E-state index contributed by atoms with van der Waals surface area (Å²) in [7, 11) is 0. The number of anilines is 3. The Hall–Kier alpha value is -6.36. The van der Waals surface area contributed by atoms with E-state index in [-0.39, 0.29) is 0 Å². The van der Waals surface area contributed by atoms with Crippen LogP contribution < -0.4 is 4.90 Å². The number of para-hydroxylation sites is 3. The van der Waals surface area contributed by atoms with Crippen LogP contribution in [0.2, 0.25) is 0 Å². The van der Waals surface area contributed by atoms with Crippen LogP contribution in [0.3, 0.4) is 0 Å². The first-order chi connectivity index (χ1) is 24.8. The van der Waals surface area contributed by atoms with Gasteiger partial charge in [-0.05, 0) is 89.6 Å². The molecule has 0 amide bonds. The van der Waals surface area contributed by atoms with Crippen LogP contribution in [0, 0.1) is 0 Å². The molecule has 0 N–H and O–H groups in total. The van der Waals surface area contributed by atoms with Crippen molar-refractivity contribution in [1.82, 2.24) is 4.57 Å². The Balaban J connectivity index is 1.18. The fraction of sp³-hybridized carbons (Fsp3) is 0. The predicted molar refractivity (Wildman–Crippen MR) is 213 cm³/mol. The summed E-state index contributed by atoms with van der Waals surface area (Å²) < 4.78 is 11.3. The fourth-order valence-corrected chi connectivity index (χ4v) is 9.11. The Morgan fingerprint density at radius 2 is 1.06 bits per heavy atom. The smallest absolute Gasteiger partial charge is 0.135 e. The molecule has 11 rings (SSSR count). The van der Waals surface area contributed by atoms with Gasteiger partial charge in [0.1, 0.15) is 11.2 Å². The molecule has 0 unspecified atom stereocenters. The first kappa shape index (κ1) is 27.6. The van der Waals surface area contributed by atoms with E-state index in [4.69, 9.17) is 4.42 Å². The molecule has 3 heterocycles. The van der Waals surface area contributed by atoms with Crippen molar-refractivity contribution in [3.05, 3.63) is 170 Å². The Bertz CT molecular complexity index is 3110. The van der Waals surface area contributed by atoms with Crippen LogP contribution in [0.15, 0.2) is 174 Å². The predicted octanol–water partition coefficient (Wildman–Crippen LogP) is 13.7. The maximum Gasteiger partial charge on any atom is 0.135 e. The van der Waals surface area contributed by atoms with Crippen LogP contribution in [0.5, 0.6) is 0 Å². The van der Waals surface area contributed by atoms with Gasteiger partial charge in [0, 0.05) is 64.5 Å². The second-order valence-electron chi connectivity index (χ2n) is 12.9. The minimum Gasteiger partial charge on any atom is -0.456 e. The van der Waals surface area contributed by atoms with Gasteiger partial charge >= 0.3 is 0 Å². The standard InChI is InChI=1S/C46H28N2OS/c1-2-11-30(12-3-1)48-41-16-8-6-14-35(41)38-26-31(19-23-42(38)48)47(32-20-24-44-39(27-32)36-15-7-9-17-43(36)49-44)33-21-25-45-40(28-33)37-22-18-29-10-4-5-13-34(29)46(37)50-45/h1-28H. The van der Waals surface area contributed by atoms with E-state index in [0.717, 1.165) is 44.7 Å². The van der Waals surface area contributed by atoms with Crippen LogP contribution in [0.4, 0.5) is 17.1 Å². The van der Waals surface area contributed by atoms with Gasteiger partial charge in [-0.15, -0.1) is 11.3 Å². The van der Waals surface area contributed by atoms with Crippen molar-refractivity contribution in [1.29, 1.82) is 0 Å². The molecule has 0 fully saturated rings. The van der Waals surface area contributed by atoms with E-state index in [1.165, 1.54) is 52.8 Å². The molecule has 0 radical (unpaired) electrons. The highest BCUT2D eigenvalue weighted by molar-refractivity contribution is 7.26. The normalized spacial score (nSPS) is 12.0. The van der Waals surface area contributed by atoms with Crippen LogP contribution in [-0.4, -0.2) is 4.57 Å². The number of furan rings is 1. The summed E-state index contributed by atoms with van der Waals surface area (Å²) in [5, 5.41) is 9.83. The van der Waals surface area contributed by atoms with Gasteiger partial charge in [0.05, 0.1) is 11.0 Å². The molecule has 0 aliphatic rings. The molecule has 234 valence electrons. The van der Waals surface area contributed by atoms with Crippen LogP contribution in [-0.2, 0) is 0 Å². The maximum atomic E-state index is 6.26. The third-order valence-corrected chi connectivity index (χ3v) is 11.4. The number of nitrogens with zero attached hydrogens (tertiary/aromatic N) is 2. The molecule has 50 heavy (non-hydrogen) atoms. The Morgan fingerprint density at radius 3 is 1.94 bits per heavy atom. The van der Waals surface area contributed by atoms with Gasteiger partial charge < -0.3 is 13.9 Å². The number of thiophene rings is 1. The van der Waals surface area contributed by atoms with E-state index in [2.05, 4.69) is 167 Å². The minimum atomic E-state index is 0.891. The first-order valence-electron chi connectivity index (χ1n) is 16.9. The van der Waals surface area contributed by atoms with E-state index in [1.807, 2.05) is 23.5 Å². The number of hydrogen-bond acceptors (Lipinski definition) is 3. The van der Waals surface area contributed by atoms with Crippen LogP contribution in [0.25, 0.3) is 80.4 Å². The van der Waals surface area contributed by atoms with E-state index in [9.17, 15) is 0 Å². The highest BCUT2D eigenvalue weighted by atomic mass is 32.1. The Morgan fingerprint density at radius 1 is 0.420 bits per heavy atom. The topological polar surface area (TPSA) is 21.3 Å². The third kappa shape index (κ3) is 4.03. The van der Waals surface area contributed by atoms with Gasteiger partial charge in [0.15, 0.2) is 0 Å². The zero-order valence-electron chi connectivity index (χ0n) is 26.9. The van der Waals surface area contributed by atoms with Gasteiger partial charge in [-0.1, -0.05) is 91.0 Å². The molecular formula is C46H28N2OS. The average Bonchev–Trinajstić information content (AvgIpc) is 3.85. The monoisotopic (exact) mass is 656 g/mol. The zero-order valence-corrected chi connectivity index (χ0v) is 27.7. The second-order valence-corrected chi connectivity index (χ2v) is 14.0. The lowest BCUT2D eigenvalue weighted by molar-refractivity contribution is 0.669. The molecule has 0 saturated heterocycles. The first-order valence-corrected chi connectivity index (χ1v) is 17.7. The third-order valence-electron chi connectivity index (χ3n) is 10.2. The fourth-order valence-electron chi connectivity index (χ4n) is 7.89. The van der Waals surface area contributed by atoms with Crippen molar-refractivity contribution in [3.8, 4) is 5.69 Å². The molecule has 3 aromatic heterocycles. The van der Waals surface area contributed by atoms with Crippen molar-refractivity contribution >= 4 is 103 Å². The summed E-state index contributed by atoms with van der Waals surface area (Å²) in [6.45, 7) is 0. The summed E-state index contributed by atoms with van der Waals surface area (Å²) in [6, 6.07) is 61.3. The molecule has 0 bridgehead atoms. The lowest BCUT2D eigenvalue weighted by Gasteiger charge is -2.26. The average molecular weight is 657 g/mol. The van der Waals surface area contributed by atoms with E-state index >= 15 is 0 Å². The van der Waals surface area contributed by atoms with E-state index in [1.54, 1.807) is 0 Å². The Kier molecular flexibility index (Phi) is 5.83. The molecular weight excluding hydrogens is 629 g/mol. The van der Waals surface area contributed by atoms with Crippen LogP contribution >= 0.6 is 11.3 Å². The van der Waals surface area contributed by atoms with Gasteiger partial charge in [-0.3, -0.25) is 0 Å². The molecule has 11 aromatic rings. The van der Waals surface area contributed by atoms with Gasteiger partial charge in [-0.25, -0.2) is 0 Å². The molecule has 0 aliphatic heterocycles. The molecule has 0 atom stereocenters. The molecule has 0 aliphatic carbocycles. The number of aromatic nitrogens is 1. The number of hydrogen-bond donors (Lipinski definition) is 0. The molecule has 0 spiro atoms.